The van der Waals surface area contributed by atoms with Crippen LogP contribution in [0.25, 0.3) is 0 Å². The van der Waals surface area contributed by atoms with E-state index in [0.717, 1.165) is 44.2 Å². The first-order valence-electron chi connectivity index (χ1n) is 9.81. The van der Waals surface area contributed by atoms with Crippen LogP contribution in [0.15, 0.2) is 28.9 Å². The van der Waals surface area contributed by atoms with Gasteiger partial charge in [0.1, 0.15) is 0 Å². The van der Waals surface area contributed by atoms with E-state index in [2.05, 4.69) is 36.5 Å². The summed E-state index contributed by atoms with van der Waals surface area (Å²) in [6.45, 7) is 0.240. The summed E-state index contributed by atoms with van der Waals surface area (Å²) in [5.41, 5.74) is -3.95. The molecule has 0 atom stereocenters. The number of nitrogens with one attached hydrogen (secondary N) is 2. The molecule has 1 aliphatic rings. The van der Waals surface area contributed by atoms with Gasteiger partial charge < -0.3 is 10.6 Å². The number of carbonyl (C=O) groups excluding carboxylic acids is 1. The van der Waals surface area contributed by atoms with Gasteiger partial charge in [-0.05, 0) is 37.0 Å². The number of rotatable bonds is 5. The standard InChI is InChI=1S/C20H19BrF6N4O/c21-12-6-7-15(14(8-12)19(22,23)24)30-18-29-10-13(16(31-18)20(25,26)27)17(32)28-9-11-4-2-1-3-5-11/h6-8,10-11H,1-5,9H2,(H,28,32)(H,29,30,31). The second-order valence-electron chi connectivity index (χ2n) is 7.48. The number of benzene rings is 1. The fourth-order valence-corrected chi connectivity index (χ4v) is 3.89. The zero-order valence-corrected chi connectivity index (χ0v) is 18.2. The predicted octanol–water partition coefficient (Wildman–Crippen LogP) is 6.33. The molecule has 3 rings (SSSR count). The molecule has 1 amide bonds. The fourth-order valence-electron chi connectivity index (χ4n) is 3.53. The quantitative estimate of drug-likeness (QED) is 0.448. The predicted molar refractivity (Wildman–Crippen MR) is 108 cm³/mol. The van der Waals surface area contributed by atoms with E-state index in [1.165, 1.54) is 6.07 Å². The normalized spacial score (nSPS) is 15.5. The van der Waals surface area contributed by atoms with Crippen LogP contribution in [0.2, 0.25) is 0 Å². The van der Waals surface area contributed by atoms with Gasteiger partial charge in [0.15, 0.2) is 5.69 Å². The smallest absolute Gasteiger partial charge is 0.352 e. The van der Waals surface area contributed by atoms with Crippen LogP contribution in [-0.4, -0.2) is 22.4 Å². The molecule has 32 heavy (non-hydrogen) atoms. The number of aromatic nitrogens is 2. The molecule has 1 aromatic heterocycles. The number of nitrogens with zero attached hydrogens (tertiary/aromatic N) is 2. The Morgan fingerprint density at radius 1 is 1.06 bits per heavy atom. The number of alkyl halides is 6. The summed E-state index contributed by atoms with van der Waals surface area (Å²) in [6.07, 6.45) is -4.22. The number of hydrogen-bond donors (Lipinski definition) is 2. The summed E-state index contributed by atoms with van der Waals surface area (Å²) >= 11 is 2.93. The van der Waals surface area contributed by atoms with E-state index < -0.39 is 46.7 Å². The summed E-state index contributed by atoms with van der Waals surface area (Å²) in [7, 11) is 0. The van der Waals surface area contributed by atoms with E-state index in [4.69, 9.17) is 0 Å². The van der Waals surface area contributed by atoms with Crippen LogP contribution in [0, 0.1) is 5.92 Å². The van der Waals surface area contributed by atoms with Crippen LogP contribution in [0.4, 0.5) is 38.0 Å². The number of halogens is 7. The highest BCUT2D eigenvalue weighted by molar-refractivity contribution is 9.10. The topological polar surface area (TPSA) is 66.9 Å². The van der Waals surface area contributed by atoms with E-state index in [-0.39, 0.29) is 16.9 Å². The van der Waals surface area contributed by atoms with Crippen molar-refractivity contribution in [1.82, 2.24) is 15.3 Å². The Labute approximate surface area is 188 Å². The first-order valence-corrected chi connectivity index (χ1v) is 10.6. The lowest BCUT2D eigenvalue weighted by Gasteiger charge is -2.22. The van der Waals surface area contributed by atoms with Gasteiger partial charge in [0.05, 0.1) is 16.8 Å². The van der Waals surface area contributed by atoms with Crippen LogP contribution in [0.1, 0.15) is 53.7 Å². The van der Waals surface area contributed by atoms with Crippen LogP contribution in [0.3, 0.4) is 0 Å². The Kier molecular flexibility index (Phi) is 7.31. The lowest BCUT2D eigenvalue weighted by molar-refractivity contribution is -0.141. The second kappa shape index (κ2) is 9.63. The van der Waals surface area contributed by atoms with Crippen molar-refractivity contribution in [2.24, 2.45) is 5.92 Å². The van der Waals surface area contributed by atoms with Crippen molar-refractivity contribution in [3.8, 4) is 0 Å². The molecule has 1 fully saturated rings. The minimum absolute atomic E-state index is 0.136. The summed E-state index contributed by atoms with van der Waals surface area (Å²) in [4.78, 5) is 19.3. The van der Waals surface area contributed by atoms with Gasteiger partial charge in [0.2, 0.25) is 5.95 Å². The Morgan fingerprint density at radius 2 is 1.75 bits per heavy atom. The van der Waals surface area contributed by atoms with Crippen molar-refractivity contribution < 1.29 is 31.1 Å². The van der Waals surface area contributed by atoms with Gasteiger partial charge in [-0.15, -0.1) is 0 Å². The zero-order valence-electron chi connectivity index (χ0n) is 16.6. The van der Waals surface area contributed by atoms with Gasteiger partial charge in [0.25, 0.3) is 5.91 Å². The van der Waals surface area contributed by atoms with Crippen molar-refractivity contribution in [1.29, 1.82) is 0 Å². The van der Waals surface area contributed by atoms with Crippen molar-refractivity contribution >= 4 is 33.5 Å². The molecule has 174 valence electrons. The first kappa shape index (κ1) is 24.3. The molecule has 0 spiro atoms. The SMILES string of the molecule is O=C(NCC1CCCCC1)c1cnc(Nc2ccc(Br)cc2C(F)(F)F)nc1C(F)(F)F. The molecular formula is C20H19BrF6N4O. The minimum Gasteiger partial charge on any atom is -0.352 e. The Morgan fingerprint density at radius 3 is 2.38 bits per heavy atom. The van der Waals surface area contributed by atoms with E-state index >= 15 is 0 Å². The molecule has 0 unspecified atom stereocenters. The fraction of sp³-hybridized carbons (Fsp3) is 0.450. The Bertz CT molecular complexity index is 974. The highest BCUT2D eigenvalue weighted by Crippen LogP contribution is 2.38. The van der Waals surface area contributed by atoms with Crippen molar-refractivity contribution in [3.63, 3.8) is 0 Å². The molecule has 5 nitrogen and oxygen atoms in total. The Balaban J connectivity index is 1.85. The van der Waals surface area contributed by atoms with Crippen LogP contribution in [-0.2, 0) is 12.4 Å². The van der Waals surface area contributed by atoms with Gasteiger partial charge in [-0.1, -0.05) is 35.2 Å². The Hall–Kier alpha value is -2.37. The van der Waals surface area contributed by atoms with Gasteiger partial charge in [-0.3, -0.25) is 4.79 Å². The molecule has 1 aromatic carbocycles. The molecule has 0 radical (unpaired) electrons. The third kappa shape index (κ3) is 6.11. The van der Waals surface area contributed by atoms with E-state index in [9.17, 15) is 31.1 Å². The van der Waals surface area contributed by atoms with Crippen LogP contribution in [0.5, 0.6) is 0 Å². The second-order valence-corrected chi connectivity index (χ2v) is 8.40. The first-order chi connectivity index (χ1) is 14.9. The summed E-state index contributed by atoms with van der Waals surface area (Å²) in [5.74, 6) is -1.50. The number of carbonyl (C=O) groups is 1. The van der Waals surface area contributed by atoms with Gasteiger partial charge in [0, 0.05) is 17.2 Å². The third-order valence-electron chi connectivity index (χ3n) is 5.11. The van der Waals surface area contributed by atoms with Gasteiger partial charge in [-0.25, -0.2) is 9.97 Å². The molecular weight excluding hydrogens is 506 g/mol. The van der Waals surface area contributed by atoms with Crippen molar-refractivity contribution in [2.45, 2.75) is 44.5 Å². The highest BCUT2D eigenvalue weighted by atomic mass is 79.9. The lowest BCUT2D eigenvalue weighted by atomic mass is 9.89. The maximum absolute atomic E-state index is 13.6. The third-order valence-corrected chi connectivity index (χ3v) is 5.60. The van der Waals surface area contributed by atoms with Crippen LogP contribution >= 0.6 is 15.9 Å². The van der Waals surface area contributed by atoms with E-state index in [0.29, 0.717) is 6.20 Å². The molecule has 1 aliphatic carbocycles. The van der Waals surface area contributed by atoms with Crippen LogP contribution < -0.4 is 10.6 Å². The maximum atomic E-state index is 13.6. The van der Waals surface area contributed by atoms with Crippen molar-refractivity contribution in [2.75, 3.05) is 11.9 Å². The molecule has 0 bridgehead atoms. The summed E-state index contributed by atoms with van der Waals surface area (Å²) in [5, 5.41) is 4.67. The van der Waals surface area contributed by atoms with Gasteiger partial charge in [-0.2, -0.15) is 26.3 Å². The average Bonchev–Trinajstić information content (AvgIpc) is 2.72. The molecule has 2 N–H and O–H groups in total. The van der Waals surface area contributed by atoms with Crippen molar-refractivity contribution in [3.05, 3.63) is 45.7 Å². The lowest BCUT2D eigenvalue weighted by Crippen LogP contribution is -2.32. The summed E-state index contributed by atoms with van der Waals surface area (Å²) in [6, 6.07) is 3.10. The number of amides is 1. The van der Waals surface area contributed by atoms with E-state index in [1.807, 2.05) is 0 Å². The highest BCUT2D eigenvalue weighted by Gasteiger charge is 2.39. The molecule has 0 saturated heterocycles. The number of anilines is 2. The average molecular weight is 525 g/mol. The minimum atomic E-state index is -5.01. The number of hydrogen-bond acceptors (Lipinski definition) is 4. The molecule has 2 aromatic rings. The molecule has 1 saturated carbocycles. The summed E-state index contributed by atoms with van der Waals surface area (Å²) < 4.78 is 80.6. The maximum Gasteiger partial charge on any atom is 0.434 e. The molecule has 12 heteroatoms. The largest absolute Gasteiger partial charge is 0.434 e. The van der Waals surface area contributed by atoms with Gasteiger partial charge >= 0.3 is 12.4 Å². The molecule has 1 heterocycles. The van der Waals surface area contributed by atoms with E-state index in [1.54, 1.807) is 0 Å². The zero-order chi connectivity index (χ0) is 23.5. The molecule has 0 aliphatic heterocycles. The monoisotopic (exact) mass is 524 g/mol.